The fourth-order valence-corrected chi connectivity index (χ4v) is 2.76. The Morgan fingerprint density at radius 3 is 2.55 bits per heavy atom. The van der Waals surface area contributed by atoms with Crippen molar-refractivity contribution in [3.05, 3.63) is 89.3 Å². The Morgan fingerprint density at radius 2 is 1.79 bits per heavy atom. The number of hydrogen-bond donors (Lipinski definition) is 1. The van der Waals surface area contributed by atoms with Gasteiger partial charge in [0.2, 0.25) is 11.6 Å². The first kappa shape index (κ1) is 18.4. The SMILES string of the molecule is Cc1ccc(OCc2ccc(-c3nc(C#N)c(NCc4ccccc4)o3)o2)cc1. The second-order valence-electron chi connectivity index (χ2n) is 6.52. The average molecular weight is 385 g/mol. The molecule has 4 rings (SSSR count). The van der Waals surface area contributed by atoms with Gasteiger partial charge in [-0.05, 0) is 36.8 Å². The van der Waals surface area contributed by atoms with Crippen LogP contribution in [0.3, 0.4) is 0 Å². The molecule has 0 spiro atoms. The Kier molecular flexibility index (Phi) is 5.30. The van der Waals surface area contributed by atoms with E-state index in [0.717, 1.165) is 11.3 Å². The van der Waals surface area contributed by atoms with Crippen molar-refractivity contribution >= 4 is 5.88 Å². The van der Waals surface area contributed by atoms with Crippen LogP contribution in [0, 0.1) is 18.3 Å². The van der Waals surface area contributed by atoms with Crippen molar-refractivity contribution in [2.75, 3.05) is 5.32 Å². The summed E-state index contributed by atoms with van der Waals surface area (Å²) in [5, 5.41) is 12.5. The maximum Gasteiger partial charge on any atom is 0.266 e. The molecule has 4 aromatic rings. The highest BCUT2D eigenvalue weighted by Gasteiger charge is 2.17. The van der Waals surface area contributed by atoms with Crippen LogP contribution in [-0.4, -0.2) is 4.98 Å². The van der Waals surface area contributed by atoms with E-state index in [9.17, 15) is 5.26 Å². The molecule has 29 heavy (non-hydrogen) atoms. The van der Waals surface area contributed by atoms with E-state index in [1.807, 2.05) is 67.6 Å². The van der Waals surface area contributed by atoms with Crippen molar-refractivity contribution in [1.82, 2.24) is 4.98 Å². The number of aromatic nitrogens is 1. The van der Waals surface area contributed by atoms with Crippen LogP contribution in [0.15, 0.2) is 75.6 Å². The Bertz CT molecular complexity index is 1120. The molecule has 0 bridgehead atoms. The van der Waals surface area contributed by atoms with E-state index in [1.165, 1.54) is 5.56 Å². The van der Waals surface area contributed by atoms with E-state index < -0.39 is 0 Å². The molecular formula is C23H19N3O3. The van der Waals surface area contributed by atoms with Gasteiger partial charge in [-0.15, -0.1) is 0 Å². The topological polar surface area (TPSA) is 84.2 Å². The molecule has 0 fully saturated rings. The summed E-state index contributed by atoms with van der Waals surface area (Å²) < 4.78 is 17.2. The largest absolute Gasteiger partial charge is 0.486 e. The van der Waals surface area contributed by atoms with Crippen LogP contribution in [0.4, 0.5) is 5.88 Å². The summed E-state index contributed by atoms with van der Waals surface area (Å²) in [6, 6.07) is 23.2. The van der Waals surface area contributed by atoms with E-state index >= 15 is 0 Å². The molecule has 0 saturated heterocycles. The lowest BCUT2D eigenvalue weighted by Crippen LogP contribution is -1.99. The van der Waals surface area contributed by atoms with Gasteiger partial charge in [0.25, 0.3) is 5.89 Å². The Balaban J connectivity index is 1.44. The van der Waals surface area contributed by atoms with Gasteiger partial charge in [-0.2, -0.15) is 10.2 Å². The number of rotatable bonds is 7. The van der Waals surface area contributed by atoms with Gasteiger partial charge in [-0.25, -0.2) is 0 Å². The molecule has 6 heteroatoms. The lowest BCUT2D eigenvalue weighted by Gasteiger charge is -2.04. The lowest BCUT2D eigenvalue weighted by molar-refractivity contribution is 0.271. The lowest BCUT2D eigenvalue weighted by atomic mass is 10.2. The molecule has 2 aromatic heterocycles. The highest BCUT2D eigenvalue weighted by molar-refractivity contribution is 5.54. The quantitative estimate of drug-likeness (QED) is 0.464. The van der Waals surface area contributed by atoms with Crippen LogP contribution >= 0.6 is 0 Å². The van der Waals surface area contributed by atoms with Crippen molar-refractivity contribution in [1.29, 1.82) is 5.26 Å². The van der Waals surface area contributed by atoms with Crippen molar-refractivity contribution < 1.29 is 13.6 Å². The first-order valence-corrected chi connectivity index (χ1v) is 9.18. The molecule has 1 N–H and O–H groups in total. The average Bonchev–Trinajstić information content (AvgIpc) is 3.39. The number of furan rings is 1. The summed E-state index contributed by atoms with van der Waals surface area (Å²) in [6.45, 7) is 2.84. The Morgan fingerprint density at radius 1 is 1.00 bits per heavy atom. The third-order valence-corrected chi connectivity index (χ3v) is 4.30. The van der Waals surface area contributed by atoms with Crippen LogP contribution < -0.4 is 10.1 Å². The van der Waals surface area contributed by atoms with Crippen LogP contribution in [0.25, 0.3) is 11.7 Å². The molecule has 0 unspecified atom stereocenters. The number of benzene rings is 2. The highest BCUT2D eigenvalue weighted by atomic mass is 16.5. The smallest absolute Gasteiger partial charge is 0.266 e. The zero-order chi connectivity index (χ0) is 20.1. The van der Waals surface area contributed by atoms with Gasteiger partial charge >= 0.3 is 0 Å². The number of hydrogen-bond acceptors (Lipinski definition) is 6. The monoisotopic (exact) mass is 385 g/mol. The molecule has 0 aliphatic carbocycles. The molecule has 0 aliphatic rings. The highest BCUT2D eigenvalue weighted by Crippen LogP contribution is 2.27. The van der Waals surface area contributed by atoms with E-state index in [0.29, 0.717) is 23.9 Å². The van der Waals surface area contributed by atoms with Gasteiger partial charge in [-0.1, -0.05) is 48.0 Å². The fraction of sp³-hybridized carbons (Fsp3) is 0.130. The van der Waals surface area contributed by atoms with Crippen molar-refractivity contribution in [3.63, 3.8) is 0 Å². The number of nitriles is 1. The zero-order valence-corrected chi connectivity index (χ0v) is 15.9. The molecule has 0 radical (unpaired) electrons. The van der Waals surface area contributed by atoms with Crippen molar-refractivity contribution in [2.24, 2.45) is 0 Å². The first-order chi connectivity index (χ1) is 14.2. The predicted octanol–water partition coefficient (Wildman–Crippen LogP) is 5.31. The van der Waals surface area contributed by atoms with Crippen LogP contribution in [0.2, 0.25) is 0 Å². The normalized spacial score (nSPS) is 10.5. The molecule has 2 heterocycles. The van der Waals surface area contributed by atoms with E-state index in [-0.39, 0.29) is 18.2 Å². The number of anilines is 1. The van der Waals surface area contributed by atoms with Crippen molar-refractivity contribution in [3.8, 4) is 23.5 Å². The standard InChI is InChI=1S/C23H19N3O3/c1-16-7-9-18(10-8-16)27-15-19-11-12-21(28-19)23-26-20(13-24)22(29-23)25-14-17-5-3-2-4-6-17/h2-12,25H,14-15H2,1H3. The van der Waals surface area contributed by atoms with E-state index in [2.05, 4.69) is 10.3 Å². The number of aryl methyl sites for hydroxylation is 1. The second kappa shape index (κ2) is 8.36. The molecule has 6 nitrogen and oxygen atoms in total. The summed E-state index contributed by atoms with van der Waals surface area (Å²) in [5.41, 5.74) is 2.43. The number of nitrogens with one attached hydrogen (secondary N) is 1. The summed E-state index contributed by atoms with van der Waals surface area (Å²) in [5.74, 6) is 2.41. The summed E-state index contributed by atoms with van der Waals surface area (Å²) >= 11 is 0. The van der Waals surface area contributed by atoms with Gasteiger partial charge in [0.1, 0.15) is 24.2 Å². The molecule has 144 valence electrons. The van der Waals surface area contributed by atoms with Crippen LogP contribution in [-0.2, 0) is 13.2 Å². The minimum Gasteiger partial charge on any atom is -0.486 e. The molecule has 2 aromatic carbocycles. The van der Waals surface area contributed by atoms with Gasteiger partial charge in [0.05, 0.1) is 0 Å². The molecule has 0 saturated carbocycles. The summed E-state index contributed by atoms with van der Waals surface area (Å²) in [4.78, 5) is 4.23. The van der Waals surface area contributed by atoms with Crippen LogP contribution in [0.5, 0.6) is 5.75 Å². The molecular weight excluding hydrogens is 366 g/mol. The number of oxazole rings is 1. The van der Waals surface area contributed by atoms with Gasteiger partial charge < -0.3 is 18.9 Å². The number of nitrogens with zero attached hydrogens (tertiary/aromatic N) is 2. The molecule has 0 atom stereocenters. The minimum absolute atomic E-state index is 0.185. The van der Waals surface area contributed by atoms with Gasteiger partial charge in [-0.3, -0.25) is 0 Å². The van der Waals surface area contributed by atoms with Crippen molar-refractivity contribution in [2.45, 2.75) is 20.1 Å². The van der Waals surface area contributed by atoms with Gasteiger partial charge in [0, 0.05) is 6.54 Å². The fourth-order valence-electron chi connectivity index (χ4n) is 2.76. The maximum atomic E-state index is 9.35. The van der Waals surface area contributed by atoms with Gasteiger partial charge in [0.15, 0.2) is 5.76 Å². The summed E-state index contributed by atoms with van der Waals surface area (Å²) in [7, 11) is 0. The summed E-state index contributed by atoms with van der Waals surface area (Å²) in [6.07, 6.45) is 0. The third kappa shape index (κ3) is 4.47. The molecule has 0 amide bonds. The third-order valence-electron chi connectivity index (χ3n) is 4.30. The van der Waals surface area contributed by atoms with E-state index in [1.54, 1.807) is 12.1 Å². The number of ether oxygens (including phenoxy) is 1. The second-order valence-corrected chi connectivity index (χ2v) is 6.52. The first-order valence-electron chi connectivity index (χ1n) is 9.18. The predicted molar refractivity (Wildman–Crippen MR) is 108 cm³/mol. The Labute approximate surface area is 168 Å². The molecule has 0 aliphatic heterocycles. The van der Waals surface area contributed by atoms with Crippen LogP contribution in [0.1, 0.15) is 22.6 Å². The maximum absolute atomic E-state index is 9.35. The van der Waals surface area contributed by atoms with E-state index in [4.69, 9.17) is 13.6 Å². The Hall–Kier alpha value is -3.98. The minimum atomic E-state index is 0.185. The zero-order valence-electron chi connectivity index (χ0n) is 15.9.